The summed E-state index contributed by atoms with van der Waals surface area (Å²) in [6.07, 6.45) is 0. The van der Waals surface area contributed by atoms with Gasteiger partial charge in [-0.15, -0.1) is 0 Å². The van der Waals surface area contributed by atoms with E-state index in [-0.39, 0.29) is 6.61 Å². The van der Waals surface area contributed by atoms with Gasteiger partial charge in [-0.3, -0.25) is 0 Å². The van der Waals surface area contributed by atoms with Crippen LogP contribution in [0.1, 0.15) is 5.69 Å². The van der Waals surface area contributed by atoms with Crippen molar-refractivity contribution in [2.45, 2.75) is 6.61 Å². The quantitative estimate of drug-likeness (QED) is 0.537. The minimum Gasteiger partial charge on any atom is -0.230 e. The van der Waals surface area contributed by atoms with E-state index < -0.39 is 0 Å². The first-order valence-electron chi connectivity index (χ1n) is 1.91. The van der Waals surface area contributed by atoms with Gasteiger partial charge in [-0.1, -0.05) is 0 Å². The molecule has 0 aromatic carbocycles. The Hall–Kier alpha value is -0.410. The van der Waals surface area contributed by atoms with E-state index in [2.05, 4.69) is 4.37 Å². The van der Waals surface area contributed by atoms with Gasteiger partial charge in [-0.25, -0.2) is 5.11 Å². The van der Waals surface area contributed by atoms with Crippen LogP contribution >= 0.6 is 11.5 Å². The van der Waals surface area contributed by atoms with Gasteiger partial charge in [0.1, 0.15) is 6.61 Å². The molecule has 7 heavy (non-hydrogen) atoms. The molecule has 0 aliphatic heterocycles. The molecule has 0 atom stereocenters. The van der Waals surface area contributed by atoms with Crippen LogP contribution < -0.4 is 0 Å². The maximum Gasteiger partial charge on any atom is 0.125 e. The number of rotatable bonds is 1. The molecule has 0 unspecified atom stereocenters. The van der Waals surface area contributed by atoms with Crippen molar-refractivity contribution in [3.63, 3.8) is 0 Å². The van der Waals surface area contributed by atoms with Gasteiger partial charge >= 0.3 is 0 Å². The molecule has 3 heteroatoms. The lowest BCUT2D eigenvalue weighted by Gasteiger charge is -1.74. The molecule has 1 radical (unpaired) electrons. The van der Waals surface area contributed by atoms with Crippen molar-refractivity contribution < 1.29 is 5.11 Å². The van der Waals surface area contributed by atoms with Crippen molar-refractivity contribution in [1.82, 2.24) is 4.37 Å². The van der Waals surface area contributed by atoms with Crippen LogP contribution in [-0.2, 0) is 11.7 Å². The first-order valence-corrected chi connectivity index (χ1v) is 2.74. The van der Waals surface area contributed by atoms with Gasteiger partial charge in [0.15, 0.2) is 0 Å². The van der Waals surface area contributed by atoms with Crippen molar-refractivity contribution in [1.29, 1.82) is 0 Å². The molecule has 1 aromatic heterocycles. The molecule has 37 valence electrons. The van der Waals surface area contributed by atoms with Crippen LogP contribution in [0, 0.1) is 0 Å². The van der Waals surface area contributed by atoms with E-state index >= 15 is 0 Å². The number of aromatic nitrogens is 1. The molecule has 0 fully saturated rings. The molecule has 0 spiro atoms. The molecular weight excluding hydrogens is 110 g/mol. The molecule has 0 aliphatic carbocycles. The zero-order valence-electron chi connectivity index (χ0n) is 3.63. The van der Waals surface area contributed by atoms with Gasteiger partial charge in [-0.2, -0.15) is 4.37 Å². The van der Waals surface area contributed by atoms with Crippen LogP contribution in [0.5, 0.6) is 0 Å². The summed E-state index contributed by atoms with van der Waals surface area (Å²) in [5, 5.41) is 11.7. The first-order chi connectivity index (χ1) is 3.43. The average molecular weight is 114 g/mol. The van der Waals surface area contributed by atoms with E-state index in [0.29, 0.717) is 5.69 Å². The van der Waals surface area contributed by atoms with Crippen molar-refractivity contribution in [3.8, 4) is 0 Å². The summed E-state index contributed by atoms with van der Waals surface area (Å²) in [5.41, 5.74) is 0.644. The standard InChI is InChI=1S/C4H4NOS/c6-3-4-1-2-7-5-4/h1-2H,3H2. The van der Waals surface area contributed by atoms with Crippen LogP contribution in [0.15, 0.2) is 11.4 Å². The third-order valence-electron chi connectivity index (χ3n) is 0.639. The fourth-order valence-electron chi connectivity index (χ4n) is 0.312. The summed E-state index contributed by atoms with van der Waals surface area (Å²) in [5.74, 6) is 0. The zero-order valence-corrected chi connectivity index (χ0v) is 4.44. The van der Waals surface area contributed by atoms with Gasteiger partial charge in [0.25, 0.3) is 0 Å². The molecule has 1 aromatic rings. The molecular formula is C4H4NOS. The number of hydrogen-bond acceptors (Lipinski definition) is 2. The molecule has 0 saturated carbocycles. The molecule has 0 aliphatic rings. The van der Waals surface area contributed by atoms with Crippen molar-refractivity contribution in [2.75, 3.05) is 0 Å². The lowest BCUT2D eigenvalue weighted by atomic mass is 10.5. The Balaban J connectivity index is 2.76. The smallest absolute Gasteiger partial charge is 0.125 e. The number of hydrogen-bond donors (Lipinski definition) is 0. The van der Waals surface area contributed by atoms with Crippen LogP contribution in [0.4, 0.5) is 0 Å². The third kappa shape index (κ3) is 0.976. The van der Waals surface area contributed by atoms with Gasteiger partial charge in [-0.05, 0) is 17.6 Å². The highest BCUT2D eigenvalue weighted by Crippen LogP contribution is 1.97. The largest absolute Gasteiger partial charge is 0.230 e. The molecule has 0 amide bonds. The van der Waals surface area contributed by atoms with Crippen molar-refractivity contribution in [2.24, 2.45) is 0 Å². The van der Waals surface area contributed by atoms with Crippen molar-refractivity contribution >= 4 is 11.5 Å². The first kappa shape index (κ1) is 4.74. The normalized spacial score (nSPS) is 9.29. The second kappa shape index (κ2) is 2.04. The number of nitrogens with zero attached hydrogens (tertiary/aromatic N) is 1. The van der Waals surface area contributed by atoms with Crippen LogP contribution in [-0.4, -0.2) is 4.37 Å². The fourth-order valence-corrected chi connectivity index (χ4v) is 0.840. The Labute approximate surface area is 45.6 Å². The van der Waals surface area contributed by atoms with Crippen molar-refractivity contribution in [3.05, 3.63) is 17.1 Å². The van der Waals surface area contributed by atoms with E-state index in [1.807, 2.05) is 0 Å². The molecule has 0 bridgehead atoms. The molecule has 2 nitrogen and oxygen atoms in total. The van der Waals surface area contributed by atoms with E-state index in [1.54, 1.807) is 11.4 Å². The fraction of sp³-hybridized carbons (Fsp3) is 0.250. The van der Waals surface area contributed by atoms with E-state index in [1.165, 1.54) is 11.5 Å². The second-order valence-electron chi connectivity index (χ2n) is 1.14. The maximum absolute atomic E-state index is 9.94. The maximum atomic E-state index is 9.94. The third-order valence-corrected chi connectivity index (χ3v) is 1.24. The summed E-state index contributed by atoms with van der Waals surface area (Å²) in [4.78, 5) is 0. The van der Waals surface area contributed by atoms with Crippen LogP contribution in [0.25, 0.3) is 0 Å². The Morgan fingerprint density at radius 2 is 2.71 bits per heavy atom. The molecule has 1 rings (SSSR count). The lowest BCUT2D eigenvalue weighted by molar-refractivity contribution is 0.175. The summed E-state index contributed by atoms with van der Waals surface area (Å²) in [7, 11) is 0. The highest BCUT2D eigenvalue weighted by molar-refractivity contribution is 7.03. The minimum atomic E-state index is -0.191. The SMILES string of the molecule is [O]Cc1ccsn1. The highest BCUT2D eigenvalue weighted by atomic mass is 32.1. The molecule has 0 saturated heterocycles. The summed E-state index contributed by atoms with van der Waals surface area (Å²) < 4.78 is 3.76. The minimum absolute atomic E-state index is 0.191. The molecule has 0 N–H and O–H groups in total. The van der Waals surface area contributed by atoms with Gasteiger partial charge in [0.05, 0.1) is 5.69 Å². The van der Waals surface area contributed by atoms with Crippen LogP contribution in [0.3, 0.4) is 0 Å². The predicted octanol–water partition coefficient (Wildman–Crippen LogP) is 1.07. The Morgan fingerprint density at radius 3 is 3.00 bits per heavy atom. The molecule has 1 heterocycles. The summed E-state index contributed by atoms with van der Waals surface area (Å²) in [6, 6.07) is 1.73. The lowest BCUT2D eigenvalue weighted by Crippen LogP contribution is -1.74. The summed E-state index contributed by atoms with van der Waals surface area (Å²) in [6.45, 7) is -0.191. The highest BCUT2D eigenvalue weighted by Gasteiger charge is 1.87. The van der Waals surface area contributed by atoms with Gasteiger partial charge in [0.2, 0.25) is 0 Å². The predicted molar refractivity (Wildman–Crippen MR) is 26.5 cm³/mol. The zero-order chi connectivity index (χ0) is 5.11. The summed E-state index contributed by atoms with van der Waals surface area (Å²) >= 11 is 1.31. The van der Waals surface area contributed by atoms with Gasteiger partial charge < -0.3 is 0 Å². The van der Waals surface area contributed by atoms with E-state index in [9.17, 15) is 5.11 Å². The Bertz CT molecular complexity index is 126. The van der Waals surface area contributed by atoms with E-state index in [0.717, 1.165) is 0 Å². The Kier molecular flexibility index (Phi) is 1.38. The van der Waals surface area contributed by atoms with Gasteiger partial charge in [0, 0.05) is 5.38 Å². The van der Waals surface area contributed by atoms with E-state index in [4.69, 9.17) is 0 Å². The topological polar surface area (TPSA) is 32.8 Å². The second-order valence-corrected chi connectivity index (χ2v) is 1.80. The monoisotopic (exact) mass is 114 g/mol. The Morgan fingerprint density at radius 1 is 1.86 bits per heavy atom. The average Bonchev–Trinajstić information content (AvgIpc) is 2.14. The van der Waals surface area contributed by atoms with Crippen LogP contribution in [0.2, 0.25) is 0 Å².